The zero-order valence-corrected chi connectivity index (χ0v) is 12.4. The molecule has 1 atom stereocenters. The lowest BCUT2D eigenvalue weighted by molar-refractivity contribution is -0.132. The SMILES string of the molecule is COCC1(C(N)=O)CCCN1Cc1cn(C(C)C)nn1. The van der Waals surface area contributed by atoms with Gasteiger partial charge < -0.3 is 10.5 Å². The minimum atomic E-state index is -0.712. The van der Waals surface area contributed by atoms with Crippen LogP contribution < -0.4 is 5.73 Å². The largest absolute Gasteiger partial charge is 0.382 e. The fourth-order valence-electron chi connectivity index (χ4n) is 2.75. The molecule has 1 aromatic heterocycles. The standard InChI is InChI=1S/C13H23N5O2/c1-10(2)18-8-11(15-16-18)7-17-6-4-5-13(17,9-20-3)12(14)19/h8,10H,4-7,9H2,1-3H3,(H2,14,19). The number of nitrogens with two attached hydrogens (primary N) is 1. The van der Waals surface area contributed by atoms with Crippen molar-refractivity contribution in [2.45, 2.75) is 44.8 Å². The van der Waals surface area contributed by atoms with Crippen molar-refractivity contribution in [1.82, 2.24) is 19.9 Å². The molecule has 2 heterocycles. The molecular weight excluding hydrogens is 258 g/mol. The summed E-state index contributed by atoms with van der Waals surface area (Å²) in [5.41, 5.74) is 5.75. The number of carbonyl (C=O) groups excluding carboxylic acids is 1. The van der Waals surface area contributed by atoms with E-state index in [0.29, 0.717) is 13.2 Å². The van der Waals surface area contributed by atoms with Crippen LogP contribution in [0.5, 0.6) is 0 Å². The lowest BCUT2D eigenvalue weighted by Gasteiger charge is -2.34. The number of amides is 1. The fourth-order valence-corrected chi connectivity index (χ4v) is 2.75. The van der Waals surface area contributed by atoms with Crippen LogP contribution in [0.25, 0.3) is 0 Å². The highest BCUT2D eigenvalue weighted by atomic mass is 16.5. The molecule has 0 spiro atoms. The van der Waals surface area contributed by atoms with Crippen LogP contribution >= 0.6 is 0 Å². The lowest BCUT2D eigenvalue weighted by atomic mass is 9.96. The average molecular weight is 281 g/mol. The van der Waals surface area contributed by atoms with Crippen LogP contribution in [-0.4, -0.2) is 51.6 Å². The van der Waals surface area contributed by atoms with Crippen LogP contribution in [-0.2, 0) is 16.1 Å². The zero-order chi connectivity index (χ0) is 14.8. The van der Waals surface area contributed by atoms with Crippen LogP contribution in [0.15, 0.2) is 6.20 Å². The van der Waals surface area contributed by atoms with Gasteiger partial charge in [0.25, 0.3) is 0 Å². The molecule has 7 heteroatoms. The average Bonchev–Trinajstić information content (AvgIpc) is 2.99. The van der Waals surface area contributed by atoms with Gasteiger partial charge >= 0.3 is 0 Å². The number of likely N-dealkylation sites (tertiary alicyclic amines) is 1. The Morgan fingerprint density at radius 1 is 1.60 bits per heavy atom. The molecule has 112 valence electrons. The molecule has 0 bridgehead atoms. The van der Waals surface area contributed by atoms with E-state index in [0.717, 1.165) is 25.1 Å². The number of rotatable bonds is 6. The number of carbonyl (C=O) groups is 1. The van der Waals surface area contributed by atoms with Crippen molar-refractivity contribution in [2.75, 3.05) is 20.3 Å². The van der Waals surface area contributed by atoms with Crippen molar-refractivity contribution < 1.29 is 9.53 Å². The summed E-state index contributed by atoms with van der Waals surface area (Å²) in [7, 11) is 1.59. The lowest BCUT2D eigenvalue weighted by Crippen LogP contribution is -2.56. The van der Waals surface area contributed by atoms with E-state index in [1.807, 2.05) is 24.7 Å². The summed E-state index contributed by atoms with van der Waals surface area (Å²) in [6, 6.07) is 0.273. The topological polar surface area (TPSA) is 86.3 Å². The highest BCUT2D eigenvalue weighted by molar-refractivity contribution is 5.85. The smallest absolute Gasteiger partial charge is 0.240 e. The highest BCUT2D eigenvalue weighted by Gasteiger charge is 2.46. The third-order valence-corrected chi connectivity index (χ3v) is 3.91. The normalized spacial score (nSPS) is 23.6. The Labute approximate surface area is 119 Å². The van der Waals surface area contributed by atoms with Crippen LogP contribution in [0.4, 0.5) is 0 Å². The van der Waals surface area contributed by atoms with Crippen LogP contribution in [0.2, 0.25) is 0 Å². The number of hydrogen-bond donors (Lipinski definition) is 1. The second-order valence-corrected chi connectivity index (χ2v) is 5.64. The zero-order valence-electron chi connectivity index (χ0n) is 12.4. The van der Waals surface area contributed by atoms with Gasteiger partial charge in [0.1, 0.15) is 5.54 Å². The summed E-state index contributed by atoms with van der Waals surface area (Å²) >= 11 is 0. The molecule has 1 unspecified atom stereocenters. The van der Waals surface area contributed by atoms with E-state index in [1.54, 1.807) is 7.11 Å². The monoisotopic (exact) mass is 281 g/mol. The van der Waals surface area contributed by atoms with Gasteiger partial charge in [0.15, 0.2) is 0 Å². The minimum Gasteiger partial charge on any atom is -0.382 e. The summed E-state index contributed by atoms with van der Waals surface area (Å²) in [5, 5.41) is 8.25. The number of ether oxygens (including phenoxy) is 1. The van der Waals surface area contributed by atoms with Crippen molar-refractivity contribution in [3.05, 3.63) is 11.9 Å². The maximum absolute atomic E-state index is 11.9. The Morgan fingerprint density at radius 3 is 2.90 bits per heavy atom. The van der Waals surface area contributed by atoms with E-state index in [1.165, 1.54) is 0 Å². The predicted octanol–water partition coefficient (Wildman–Crippen LogP) is 0.325. The summed E-state index contributed by atoms with van der Waals surface area (Å²) in [6.45, 7) is 5.81. The van der Waals surface area contributed by atoms with Gasteiger partial charge in [-0.3, -0.25) is 9.69 Å². The van der Waals surface area contributed by atoms with Gasteiger partial charge in [0, 0.05) is 19.7 Å². The Balaban J connectivity index is 2.15. The molecule has 2 N–H and O–H groups in total. The Morgan fingerprint density at radius 2 is 2.35 bits per heavy atom. The molecule has 0 aliphatic carbocycles. The molecule has 7 nitrogen and oxygen atoms in total. The fraction of sp³-hybridized carbons (Fsp3) is 0.769. The molecule has 20 heavy (non-hydrogen) atoms. The maximum atomic E-state index is 11.9. The van der Waals surface area contributed by atoms with Gasteiger partial charge in [-0.1, -0.05) is 5.21 Å². The second kappa shape index (κ2) is 5.88. The van der Waals surface area contributed by atoms with Crippen molar-refractivity contribution in [1.29, 1.82) is 0 Å². The molecular formula is C13H23N5O2. The molecule has 1 amide bonds. The minimum absolute atomic E-state index is 0.273. The first-order valence-electron chi connectivity index (χ1n) is 6.94. The second-order valence-electron chi connectivity index (χ2n) is 5.64. The Hall–Kier alpha value is -1.47. The highest BCUT2D eigenvalue weighted by Crippen LogP contribution is 2.30. The van der Waals surface area contributed by atoms with Gasteiger partial charge in [-0.15, -0.1) is 5.10 Å². The first kappa shape index (κ1) is 14.9. The Bertz CT molecular complexity index is 473. The summed E-state index contributed by atoms with van der Waals surface area (Å²) in [4.78, 5) is 13.9. The van der Waals surface area contributed by atoms with E-state index < -0.39 is 5.54 Å². The number of primary amides is 1. The Kier molecular flexibility index (Phi) is 4.39. The molecule has 0 saturated carbocycles. The number of methoxy groups -OCH3 is 1. The van der Waals surface area contributed by atoms with Gasteiger partial charge in [0.05, 0.1) is 18.5 Å². The van der Waals surface area contributed by atoms with Gasteiger partial charge in [-0.2, -0.15) is 0 Å². The van der Waals surface area contributed by atoms with Crippen LogP contribution in [0, 0.1) is 0 Å². The molecule has 1 aliphatic heterocycles. The number of hydrogen-bond acceptors (Lipinski definition) is 5. The van der Waals surface area contributed by atoms with Gasteiger partial charge in [-0.25, -0.2) is 4.68 Å². The van der Waals surface area contributed by atoms with Crippen LogP contribution in [0.1, 0.15) is 38.4 Å². The molecule has 1 aromatic rings. The van der Waals surface area contributed by atoms with Crippen molar-refractivity contribution in [3.63, 3.8) is 0 Å². The van der Waals surface area contributed by atoms with E-state index >= 15 is 0 Å². The van der Waals surface area contributed by atoms with E-state index in [4.69, 9.17) is 10.5 Å². The van der Waals surface area contributed by atoms with Gasteiger partial charge in [-0.05, 0) is 33.2 Å². The van der Waals surface area contributed by atoms with Crippen molar-refractivity contribution >= 4 is 5.91 Å². The molecule has 1 aliphatic rings. The first-order valence-corrected chi connectivity index (χ1v) is 6.94. The van der Waals surface area contributed by atoms with Gasteiger partial charge in [0.2, 0.25) is 5.91 Å². The predicted molar refractivity (Wildman–Crippen MR) is 73.9 cm³/mol. The van der Waals surface area contributed by atoms with E-state index in [-0.39, 0.29) is 11.9 Å². The summed E-state index contributed by atoms with van der Waals surface area (Å²) in [6.07, 6.45) is 3.58. The molecule has 2 rings (SSSR count). The third-order valence-electron chi connectivity index (χ3n) is 3.91. The van der Waals surface area contributed by atoms with E-state index in [9.17, 15) is 4.79 Å². The summed E-state index contributed by atoms with van der Waals surface area (Å²) in [5.74, 6) is -0.326. The number of aromatic nitrogens is 3. The molecule has 0 radical (unpaired) electrons. The van der Waals surface area contributed by atoms with Crippen LogP contribution in [0.3, 0.4) is 0 Å². The third kappa shape index (κ3) is 2.69. The first-order chi connectivity index (χ1) is 9.49. The molecule has 1 saturated heterocycles. The molecule has 1 fully saturated rings. The summed E-state index contributed by atoms with van der Waals surface area (Å²) < 4.78 is 7.03. The van der Waals surface area contributed by atoms with E-state index in [2.05, 4.69) is 15.2 Å². The number of nitrogens with zero attached hydrogens (tertiary/aromatic N) is 4. The maximum Gasteiger partial charge on any atom is 0.240 e. The molecule has 0 aromatic carbocycles. The van der Waals surface area contributed by atoms with Crippen molar-refractivity contribution in [3.8, 4) is 0 Å². The van der Waals surface area contributed by atoms with Crippen molar-refractivity contribution in [2.24, 2.45) is 5.73 Å². The quantitative estimate of drug-likeness (QED) is 0.812.